The molecule has 0 saturated heterocycles. The first-order chi connectivity index (χ1) is 8.26. The Kier molecular flexibility index (Phi) is 4.18. The van der Waals surface area contributed by atoms with Crippen molar-refractivity contribution in [2.75, 3.05) is 33.4 Å². The fourth-order valence-electron chi connectivity index (χ4n) is 2.95. The number of aliphatic hydroxyl groups is 1. The summed E-state index contributed by atoms with van der Waals surface area (Å²) in [5.41, 5.74) is 0. The van der Waals surface area contributed by atoms with Gasteiger partial charge in [0.15, 0.2) is 0 Å². The van der Waals surface area contributed by atoms with Crippen molar-refractivity contribution in [3.63, 3.8) is 0 Å². The van der Waals surface area contributed by atoms with Crippen LogP contribution < -0.4 is 0 Å². The summed E-state index contributed by atoms with van der Waals surface area (Å²) in [4.78, 5) is 14.1. The fraction of sp³-hybridized carbons (Fsp3) is 0.769. The molecule has 0 aromatic rings. The van der Waals surface area contributed by atoms with Gasteiger partial charge in [-0.25, -0.2) is 0 Å². The number of ether oxygens (including phenoxy) is 1. The molecule has 0 aromatic heterocycles. The number of hydrogen-bond acceptors (Lipinski definition) is 3. The number of amides is 1. The van der Waals surface area contributed by atoms with Crippen LogP contribution in [0.1, 0.15) is 12.8 Å². The first-order valence-corrected chi connectivity index (χ1v) is 6.33. The second-order valence-corrected chi connectivity index (χ2v) is 4.93. The van der Waals surface area contributed by atoms with Gasteiger partial charge in [-0.15, -0.1) is 0 Å². The Hall–Kier alpha value is -0.870. The Morgan fingerprint density at radius 1 is 1.41 bits per heavy atom. The molecule has 0 spiro atoms. The minimum atomic E-state index is 0.0199. The van der Waals surface area contributed by atoms with E-state index in [0.29, 0.717) is 31.5 Å². The highest BCUT2D eigenvalue weighted by Gasteiger charge is 2.41. The normalized spacial score (nSPS) is 29.9. The first-order valence-electron chi connectivity index (χ1n) is 6.33. The second-order valence-electron chi connectivity index (χ2n) is 4.93. The predicted octanol–water partition coefficient (Wildman–Crippen LogP) is 0.666. The van der Waals surface area contributed by atoms with Gasteiger partial charge in [0, 0.05) is 26.1 Å². The first kappa shape index (κ1) is 12.6. The molecule has 4 heteroatoms. The summed E-state index contributed by atoms with van der Waals surface area (Å²) in [6, 6.07) is 0. The van der Waals surface area contributed by atoms with Crippen molar-refractivity contribution < 1.29 is 14.6 Å². The van der Waals surface area contributed by atoms with Gasteiger partial charge in [-0.3, -0.25) is 4.79 Å². The zero-order chi connectivity index (χ0) is 12.3. The number of hydrogen-bond donors (Lipinski definition) is 1. The number of rotatable bonds is 6. The van der Waals surface area contributed by atoms with Crippen molar-refractivity contribution in [1.29, 1.82) is 0 Å². The van der Waals surface area contributed by atoms with E-state index in [1.165, 1.54) is 0 Å². The van der Waals surface area contributed by atoms with Crippen molar-refractivity contribution in [2.45, 2.75) is 12.8 Å². The van der Waals surface area contributed by atoms with Crippen LogP contribution in [0.15, 0.2) is 12.2 Å². The van der Waals surface area contributed by atoms with Crippen LogP contribution >= 0.6 is 0 Å². The minimum absolute atomic E-state index is 0.0199. The van der Waals surface area contributed by atoms with Gasteiger partial charge in [-0.05, 0) is 24.7 Å². The SMILES string of the molecule is COCCN(CCO)C(=O)C1CC2C=CC1C2. The van der Waals surface area contributed by atoms with Gasteiger partial charge in [0.1, 0.15) is 0 Å². The van der Waals surface area contributed by atoms with Gasteiger partial charge in [0.05, 0.1) is 13.2 Å². The molecule has 2 aliphatic carbocycles. The summed E-state index contributed by atoms with van der Waals surface area (Å²) >= 11 is 0. The number of allylic oxidation sites excluding steroid dienone is 2. The Balaban J connectivity index is 1.93. The van der Waals surface area contributed by atoms with E-state index in [1.54, 1.807) is 12.0 Å². The number of carbonyl (C=O) groups is 1. The molecular weight excluding hydrogens is 218 g/mol. The molecule has 2 aliphatic rings. The molecular formula is C13H21NO3. The van der Waals surface area contributed by atoms with Crippen molar-refractivity contribution in [3.05, 3.63) is 12.2 Å². The lowest BCUT2D eigenvalue weighted by molar-refractivity contribution is -0.137. The Labute approximate surface area is 102 Å². The van der Waals surface area contributed by atoms with Gasteiger partial charge in [0.2, 0.25) is 5.91 Å². The maximum absolute atomic E-state index is 12.4. The summed E-state index contributed by atoms with van der Waals surface area (Å²) in [5, 5.41) is 9.01. The average molecular weight is 239 g/mol. The number of carbonyl (C=O) groups excluding carboxylic acids is 1. The highest BCUT2D eigenvalue weighted by Crippen LogP contribution is 2.44. The Morgan fingerprint density at radius 3 is 2.76 bits per heavy atom. The second kappa shape index (κ2) is 5.65. The van der Waals surface area contributed by atoms with E-state index in [1.807, 2.05) is 0 Å². The molecule has 1 saturated carbocycles. The highest BCUT2D eigenvalue weighted by molar-refractivity contribution is 5.80. The van der Waals surface area contributed by atoms with E-state index in [0.717, 1.165) is 12.8 Å². The zero-order valence-corrected chi connectivity index (χ0v) is 10.3. The van der Waals surface area contributed by atoms with E-state index in [2.05, 4.69) is 12.2 Å². The maximum atomic E-state index is 12.4. The third-order valence-corrected chi connectivity index (χ3v) is 3.84. The minimum Gasteiger partial charge on any atom is -0.395 e. The number of aliphatic hydroxyl groups excluding tert-OH is 1. The van der Waals surface area contributed by atoms with Crippen LogP contribution in [-0.2, 0) is 9.53 Å². The number of methoxy groups -OCH3 is 1. The molecule has 0 radical (unpaired) electrons. The Morgan fingerprint density at radius 2 is 2.24 bits per heavy atom. The van der Waals surface area contributed by atoms with Gasteiger partial charge >= 0.3 is 0 Å². The third-order valence-electron chi connectivity index (χ3n) is 3.84. The molecule has 3 unspecified atom stereocenters. The summed E-state index contributed by atoms with van der Waals surface area (Å²) in [6.07, 6.45) is 6.53. The Bertz CT molecular complexity index is 303. The lowest BCUT2D eigenvalue weighted by Crippen LogP contribution is -2.41. The molecule has 0 aromatic carbocycles. The summed E-state index contributed by atoms with van der Waals surface area (Å²) < 4.78 is 5.00. The number of nitrogens with zero attached hydrogens (tertiary/aromatic N) is 1. The molecule has 96 valence electrons. The smallest absolute Gasteiger partial charge is 0.226 e. The summed E-state index contributed by atoms with van der Waals surface area (Å²) in [5.74, 6) is 1.35. The molecule has 0 heterocycles. The van der Waals surface area contributed by atoms with Gasteiger partial charge in [0.25, 0.3) is 0 Å². The van der Waals surface area contributed by atoms with Crippen LogP contribution in [0.25, 0.3) is 0 Å². The molecule has 2 rings (SSSR count). The van der Waals surface area contributed by atoms with E-state index in [9.17, 15) is 4.79 Å². The van der Waals surface area contributed by atoms with Crippen LogP contribution in [0.4, 0.5) is 0 Å². The number of fused-ring (bicyclic) bond motifs is 2. The van der Waals surface area contributed by atoms with Crippen LogP contribution in [0.5, 0.6) is 0 Å². The molecule has 1 fully saturated rings. The van der Waals surface area contributed by atoms with Gasteiger partial charge < -0.3 is 14.7 Å². The van der Waals surface area contributed by atoms with Crippen molar-refractivity contribution in [1.82, 2.24) is 4.90 Å². The molecule has 17 heavy (non-hydrogen) atoms. The average Bonchev–Trinajstić information content (AvgIpc) is 2.95. The quantitative estimate of drug-likeness (QED) is 0.693. The largest absolute Gasteiger partial charge is 0.395 e. The highest BCUT2D eigenvalue weighted by atomic mass is 16.5. The van der Waals surface area contributed by atoms with E-state index < -0.39 is 0 Å². The summed E-state index contributed by atoms with van der Waals surface area (Å²) in [7, 11) is 1.63. The van der Waals surface area contributed by atoms with Gasteiger partial charge in [-0.2, -0.15) is 0 Å². The van der Waals surface area contributed by atoms with Crippen LogP contribution in [0.3, 0.4) is 0 Å². The maximum Gasteiger partial charge on any atom is 0.226 e. The summed E-state index contributed by atoms with van der Waals surface area (Å²) in [6.45, 7) is 1.54. The third kappa shape index (κ3) is 2.69. The molecule has 1 N–H and O–H groups in total. The lowest BCUT2D eigenvalue weighted by Gasteiger charge is -2.27. The fourth-order valence-corrected chi connectivity index (χ4v) is 2.95. The lowest BCUT2D eigenvalue weighted by atomic mass is 9.92. The van der Waals surface area contributed by atoms with Crippen LogP contribution in [-0.4, -0.2) is 49.3 Å². The van der Waals surface area contributed by atoms with Crippen molar-refractivity contribution in [2.24, 2.45) is 17.8 Å². The van der Waals surface area contributed by atoms with Crippen molar-refractivity contribution >= 4 is 5.91 Å². The van der Waals surface area contributed by atoms with E-state index >= 15 is 0 Å². The van der Waals surface area contributed by atoms with E-state index in [-0.39, 0.29) is 18.4 Å². The monoisotopic (exact) mass is 239 g/mol. The molecule has 1 amide bonds. The molecule has 0 aliphatic heterocycles. The van der Waals surface area contributed by atoms with Crippen LogP contribution in [0, 0.1) is 17.8 Å². The van der Waals surface area contributed by atoms with Crippen LogP contribution in [0.2, 0.25) is 0 Å². The van der Waals surface area contributed by atoms with Crippen molar-refractivity contribution in [3.8, 4) is 0 Å². The van der Waals surface area contributed by atoms with E-state index in [4.69, 9.17) is 9.84 Å². The molecule has 3 atom stereocenters. The molecule has 2 bridgehead atoms. The topological polar surface area (TPSA) is 49.8 Å². The molecule has 4 nitrogen and oxygen atoms in total. The zero-order valence-electron chi connectivity index (χ0n) is 10.3. The standard InChI is InChI=1S/C13H21NO3/c1-17-7-5-14(4-6-15)13(16)12-9-10-2-3-11(12)8-10/h2-3,10-12,15H,4-9H2,1H3. The van der Waals surface area contributed by atoms with Gasteiger partial charge in [-0.1, -0.05) is 12.2 Å². The predicted molar refractivity (Wildman–Crippen MR) is 64.4 cm³/mol.